The molecule has 9 N–H and O–H groups in total. The number of nitrogens with two attached hydrogens (primary N) is 1. The maximum Gasteiger partial charge on any atom is 0.328 e. The Bertz CT molecular complexity index is 1000. The van der Waals surface area contributed by atoms with Crippen molar-refractivity contribution in [1.29, 1.82) is 0 Å². The number of carbonyl (C=O) groups excluding carboxylic acids is 3. The number of hydrogen-bond acceptors (Lipinski definition) is 7. The topological polar surface area (TPSA) is 207 Å². The van der Waals surface area contributed by atoms with Crippen LogP contribution in [0.5, 0.6) is 0 Å². The van der Waals surface area contributed by atoms with Gasteiger partial charge in [0.2, 0.25) is 17.7 Å². The molecule has 0 radical (unpaired) electrons. The van der Waals surface area contributed by atoms with Crippen LogP contribution in [0.15, 0.2) is 30.5 Å². The van der Waals surface area contributed by atoms with Crippen LogP contribution in [0.25, 0.3) is 10.9 Å². The minimum Gasteiger partial charge on any atom is -0.480 e. The van der Waals surface area contributed by atoms with Crippen molar-refractivity contribution in [1.82, 2.24) is 20.9 Å². The third-order valence-corrected chi connectivity index (χ3v) is 5.04. The van der Waals surface area contributed by atoms with Gasteiger partial charge in [-0.2, -0.15) is 0 Å². The number of H-pyrrole nitrogens is 1. The maximum atomic E-state index is 12.8. The molecule has 0 bridgehead atoms. The van der Waals surface area contributed by atoms with Gasteiger partial charge in [0.05, 0.1) is 18.8 Å². The van der Waals surface area contributed by atoms with Gasteiger partial charge in [-0.15, -0.1) is 0 Å². The lowest BCUT2D eigenvalue weighted by atomic mass is 10.0. The fourth-order valence-electron chi connectivity index (χ4n) is 3.12. The highest BCUT2D eigenvalue weighted by molar-refractivity contribution is 5.93. The zero-order valence-electron chi connectivity index (χ0n) is 18.2. The number of amides is 3. The highest BCUT2D eigenvalue weighted by Gasteiger charge is 2.28. The Morgan fingerprint density at radius 3 is 2.30 bits per heavy atom. The second-order valence-corrected chi connectivity index (χ2v) is 7.73. The second-order valence-electron chi connectivity index (χ2n) is 7.73. The summed E-state index contributed by atoms with van der Waals surface area (Å²) in [5.41, 5.74) is 7.22. The maximum absolute atomic E-state index is 12.8. The molecule has 12 nitrogen and oxygen atoms in total. The van der Waals surface area contributed by atoms with Crippen LogP contribution in [0.2, 0.25) is 0 Å². The summed E-state index contributed by atoms with van der Waals surface area (Å²) >= 11 is 0. The SMILES string of the molecule is CC(O)C(N)C(=O)NC(Cc1c[nH]c2ccccc12)C(=O)NCC(=O)NC(C(=O)O)C(C)O. The first kappa shape index (κ1) is 25.8. The molecule has 2 aromatic rings. The largest absolute Gasteiger partial charge is 0.480 e. The number of aromatic nitrogens is 1. The zero-order chi connectivity index (χ0) is 24.7. The summed E-state index contributed by atoms with van der Waals surface area (Å²) in [6.45, 7) is 1.96. The van der Waals surface area contributed by atoms with E-state index in [0.717, 1.165) is 16.5 Å². The molecular weight excluding hydrogens is 434 g/mol. The first-order chi connectivity index (χ1) is 15.5. The fourth-order valence-corrected chi connectivity index (χ4v) is 3.12. The molecule has 33 heavy (non-hydrogen) atoms. The number of benzene rings is 1. The summed E-state index contributed by atoms with van der Waals surface area (Å²) < 4.78 is 0. The Kier molecular flexibility index (Phi) is 8.91. The Balaban J connectivity index is 2.13. The third kappa shape index (κ3) is 7.00. The van der Waals surface area contributed by atoms with Crippen molar-refractivity contribution in [3.05, 3.63) is 36.0 Å². The number of aliphatic hydroxyl groups excluding tert-OH is 2. The molecule has 1 aromatic carbocycles. The third-order valence-electron chi connectivity index (χ3n) is 5.04. The highest BCUT2D eigenvalue weighted by Crippen LogP contribution is 2.19. The number of nitrogens with one attached hydrogen (secondary N) is 4. The molecule has 180 valence electrons. The lowest BCUT2D eigenvalue weighted by molar-refractivity contribution is -0.144. The summed E-state index contributed by atoms with van der Waals surface area (Å²) in [7, 11) is 0. The van der Waals surface area contributed by atoms with E-state index in [-0.39, 0.29) is 6.42 Å². The lowest BCUT2D eigenvalue weighted by Gasteiger charge is -2.22. The molecule has 5 atom stereocenters. The van der Waals surface area contributed by atoms with Crippen LogP contribution in [0.3, 0.4) is 0 Å². The minimum atomic E-state index is -1.54. The van der Waals surface area contributed by atoms with Crippen molar-refractivity contribution in [2.24, 2.45) is 5.73 Å². The Hall–Kier alpha value is -3.48. The van der Waals surface area contributed by atoms with E-state index in [4.69, 9.17) is 10.8 Å². The van der Waals surface area contributed by atoms with Gasteiger partial charge in [0, 0.05) is 23.5 Å². The molecule has 0 aliphatic heterocycles. The molecule has 2 rings (SSSR count). The quantitative estimate of drug-likeness (QED) is 0.186. The van der Waals surface area contributed by atoms with Crippen LogP contribution in [-0.4, -0.2) is 80.9 Å². The van der Waals surface area contributed by atoms with Gasteiger partial charge < -0.3 is 42.0 Å². The molecule has 0 aliphatic rings. The van der Waals surface area contributed by atoms with E-state index in [0.29, 0.717) is 0 Å². The number of hydrogen-bond donors (Lipinski definition) is 8. The summed E-state index contributed by atoms with van der Waals surface area (Å²) in [6.07, 6.45) is -0.751. The van der Waals surface area contributed by atoms with Gasteiger partial charge in [0.15, 0.2) is 6.04 Å². The van der Waals surface area contributed by atoms with Gasteiger partial charge in [0.25, 0.3) is 0 Å². The van der Waals surface area contributed by atoms with Crippen molar-refractivity contribution in [3.63, 3.8) is 0 Å². The van der Waals surface area contributed by atoms with Crippen LogP contribution in [-0.2, 0) is 25.6 Å². The number of carboxylic acids is 1. The van der Waals surface area contributed by atoms with Crippen molar-refractivity contribution in [3.8, 4) is 0 Å². The molecule has 1 aromatic heterocycles. The van der Waals surface area contributed by atoms with Crippen LogP contribution in [0.4, 0.5) is 0 Å². The zero-order valence-corrected chi connectivity index (χ0v) is 18.2. The first-order valence-electron chi connectivity index (χ1n) is 10.3. The number of para-hydroxylation sites is 1. The summed E-state index contributed by atoms with van der Waals surface area (Å²) in [5, 5.41) is 35.8. The number of fused-ring (bicyclic) bond motifs is 1. The lowest BCUT2D eigenvalue weighted by Crippen LogP contribution is -2.56. The smallest absolute Gasteiger partial charge is 0.328 e. The Labute approximate surface area is 189 Å². The number of aliphatic hydroxyl groups is 2. The van der Waals surface area contributed by atoms with Crippen molar-refractivity contribution < 1.29 is 34.5 Å². The van der Waals surface area contributed by atoms with Crippen molar-refractivity contribution >= 4 is 34.6 Å². The Morgan fingerprint density at radius 1 is 1.03 bits per heavy atom. The summed E-state index contributed by atoms with van der Waals surface area (Å²) in [4.78, 5) is 51.4. The molecule has 3 amide bonds. The molecule has 0 fully saturated rings. The predicted octanol–water partition coefficient (Wildman–Crippen LogP) is -2.03. The van der Waals surface area contributed by atoms with Gasteiger partial charge in [-0.3, -0.25) is 14.4 Å². The molecule has 0 aliphatic carbocycles. The van der Waals surface area contributed by atoms with E-state index < -0.39 is 60.6 Å². The van der Waals surface area contributed by atoms with Gasteiger partial charge in [-0.1, -0.05) is 18.2 Å². The van der Waals surface area contributed by atoms with Crippen LogP contribution < -0.4 is 21.7 Å². The highest BCUT2D eigenvalue weighted by atomic mass is 16.4. The number of rotatable bonds is 11. The van der Waals surface area contributed by atoms with E-state index in [1.54, 1.807) is 6.20 Å². The van der Waals surface area contributed by atoms with E-state index >= 15 is 0 Å². The van der Waals surface area contributed by atoms with Gasteiger partial charge in [0.1, 0.15) is 12.1 Å². The normalized spacial score (nSPS) is 15.7. The molecule has 0 saturated carbocycles. The van der Waals surface area contributed by atoms with Crippen molar-refractivity contribution in [2.45, 2.75) is 50.6 Å². The van der Waals surface area contributed by atoms with E-state index in [2.05, 4.69) is 20.9 Å². The fraction of sp³-hybridized carbons (Fsp3) is 0.429. The number of aliphatic carboxylic acids is 1. The van der Waals surface area contributed by atoms with Gasteiger partial charge in [-0.05, 0) is 25.5 Å². The molecular formula is C21H29N5O7. The number of aromatic amines is 1. The molecule has 1 heterocycles. The van der Waals surface area contributed by atoms with E-state index in [9.17, 15) is 29.4 Å². The van der Waals surface area contributed by atoms with E-state index in [1.807, 2.05) is 24.3 Å². The van der Waals surface area contributed by atoms with Crippen LogP contribution >= 0.6 is 0 Å². The van der Waals surface area contributed by atoms with E-state index in [1.165, 1.54) is 13.8 Å². The van der Waals surface area contributed by atoms with Crippen LogP contribution in [0.1, 0.15) is 19.4 Å². The minimum absolute atomic E-state index is 0.0567. The number of carbonyl (C=O) groups is 4. The molecule has 0 saturated heterocycles. The monoisotopic (exact) mass is 463 g/mol. The average molecular weight is 463 g/mol. The van der Waals surface area contributed by atoms with Crippen molar-refractivity contribution in [2.75, 3.05) is 6.54 Å². The van der Waals surface area contributed by atoms with Gasteiger partial charge in [-0.25, -0.2) is 4.79 Å². The standard InChI is InChI=1S/C21H29N5O7/c1-10(27)17(22)20(31)25-15(7-12-8-23-14-6-4-3-5-13(12)14)19(30)24-9-16(29)26-18(11(2)28)21(32)33/h3-6,8,10-11,15,17-18,23,27-28H,7,9,22H2,1-2H3,(H,24,30)(H,25,31)(H,26,29)(H,32,33). The first-order valence-corrected chi connectivity index (χ1v) is 10.3. The average Bonchev–Trinajstić information content (AvgIpc) is 3.17. The predicted molar refractivity (Wildman–Crippen MR) is 118 cm³/mol. The summed E-state index contributed by atoms with van der Waals surface area (Å²) in [6, 6.07) is 3.40. The molecule has 5 unspecified atom stereocenters. The second kappa shape index (κ2) is 11.4. The van der Waals surface area contributed by atoms with Gasteiger partial charge >= 0.3 is 5.97 Å². The Morgan fingerprint density at radius 2 is 1.70 bits per heavy atom. The molecule has 0 spiro atoms. The molecule has 12 heteroatoms. The number of carboxylic acid groups (broad SMARTS) is 1. The van der Waals surface area contributed by atoms with Crippen LogP contribution in [0, 0.1) is 0 Å². The summed E-state index contributed by atoms with van der Waals surface area (Å²) in [5.74, 6) is -3.74.